The predicted octanol–water partition coefficient (Wildman–Crippen LogP) is 9.75. The number of carbonyl (C=O) groups is 4. The minimum atomic E-state index is -0.814. The van der Waals surface area contributed by atoms with Crippen LogP contribution in [0.2, 0.25) is 5.02 Å². The number of anilines is 2. The molecule has 16 heteroatoms. The number of ether oxygens (including phenoxy) is 1. The molecule has 1 saturated heterocycles. The lowest BCUT2D eigenvalue weighted by molar-refractivity contribution is -0.955. The van der Waals surface area contributed by atoms with Gasteiger partial charge >= 0.3 is 6.03 Å². The Bertz CT molecular complexity index is 2370. The lowest BCUT2D eigenvalue weighted by atomic mass is 9.77. The number of Topliss-reactive ketones (excluding diaryl/α,β-unsaturated/α-hetero) is 3. The summed E-state index contributed by atoms with van der Waals surface area (Å²) >= 11 is 10.9. The van der Waals surface area contributed by atoms with Gasteiger partial charge in [0.1, 0.15) is 49.9 Å². The largest absolute Gasteiger partial charge is 0.487 e. The molecule has 3 aromatic carbocycles. The van der Waals surface area contributed by atoms with Crippen LogP contribution in [0.25, 0.3) is 0 Å². The number of benzene rings is 3. The molecular weight excluding hydrogens is 888 g/mol. The summed E-state index contributed by atoms with van der Waals surface area (Å²) in [5, 5.41) is 23.6. The molecular formula is C51H68ClN8O6S+. The average molecular weight is 957 g/mol. The van der Waals surface area contributed by atoms with Crippen LogP contribution in [0.5, 0.6) is 5.75 Å². The van der Waals surface area contributed by atoms with Gasteiger partial charge in [0.15, 0.2) is 5.78 Å². The summed E-state index contributed by atoms with van der Waals surface area (Å²) in [6.45, 7) is 18.3. The zero-order valence-corrected chi connectivity index (χ0v) is 42.1. The summed E-state index contributed by atoms with van der Waals surface area (Å²) in [4.78, 5) is 59.8. The third-order valence-electron chi connectivity index (χ3n) is 12.3. The summed E-state index contributed by atoms with van der Waals surface area (Å²) in [5.74, 6) is 1.52. The fourth-order valence-corrected chi connectivity index (χ4v) is 7.91. The fraction of sp³-hybridized carbons (Fsp3) is 0.471. The standard InChI is InChI=1S/C42H51ClN8O4S.C9H16O2/c1-7-28(3)39(52)36-14-9-29(23-30(36)8-2)15-17-46-41(53)50-21-19-49(20-22-50)38-31(26-44)24-33(25-37(38)43)42(4,5)32-10-12-35(13-11-32)55-27-34-16-18-45-40(47-34)48-51(6,54)56;1-4-9(11)6-5-7(2)8(3)10/h9-14,16,18,23-25,28,54,56H,7-8,15,17,19-22,27H2,1-6H3,(H-,45,46,47,48,53);7H,4-6H2,1-3H3/p+1. The molecule has 0 aliphatic carbocycles. The van der Waals surface area contributed by atoms with Crippen molar-refractivity contribution in [2.45, 2.75) is 106 Å². The van der Waals surface area contributed by atoms with Gasteiger partial charge in [0.05, 0.1) is 22.0 Å². The number of ketones is 3. The number of nitrogens with one attached hydrogen (secondary N) is 2. The van der Waals surface area contributed by atoms with Crippen molar-refractivity contribution in [1.82, 2.24) is 20.2 Å². The number of hydroxylamine groups is 1. The molecule has 5 rings (SSSR count). The van der Waals surface area contributed by atoms with Crippen LogP contribution in [0.1, 0.15) is 125 Å². The topological polar surface area (TPSA) is 178 Å². The number of carbonyl (C=O) groups excluding carboxylic acids is 4. The average Bonchev–Trinajstić information content (AvgIpc) is 3.31. The summed E-state index contributed by atoms with van der Waals surface area (Å²) in [6.07, 6.45) is 5.68. The van der Waals surface area contributed by atoms with Crippen molar-refractivity contribution < 1.29 is 33.3 Å². The summed E-state index contributed by atoms with van der Waals surface area (Å²) in [7, 11) is 1.42. The van der Waals surface area contributed by atoms with Crippen molar-refractivity contribution in [1.29, 1.82) is 5.26 Å². The van der Waals surface area contributed by atoms with E-state index in [0.717, 1.165) is 40.7 Å². The van der Waals surface area contributed by atoms with E-state index in [4.69, 9.17) is 16.3 Å². The van der Waals surface area contributed by atoms with Crippen LogP contribution < -0.4 is 20.4 Å². The van der Waals surface area contributed by atoms with Crippen LogP contribution in [0.4, 0.5) is 16.4 Å². The van der Waals surface area contributed by atoms with Crippen LogP contribution in [0.3, 0.4) is 0 Å². The Morgan fingerprint density at radius 2 is 1.67 bits per heavy atom. The molecule has 3 unspecified atom stereocenters. The molecule has 1 aromatic heterocycles. The first-order chi connectivity index (χ1) is 31.7. The van der Waals surface area contributed by atoms with Gasteiger partial charge in [-0.05, 0) is 89.4 Å². The highest BCUT2D eigenvalue weighted by Crippen LogP contribution is 2.39. The van der Waals surface area contributed by atoms with Gasteiger partial charge in [-0.2, -0.15) is 15.9 Å². The van der Waals surface area contributed by atoms with E-state index < -0.39 is 9.58 Å². The number of nitriles is 1. The smallest absolute Gasteiger partial charge is 0.317 e. The second-order valence-electron chi connectivity index (χ2n) is 17.7. The number of piperazine rings is 1. The lowest BCUT2D eigenvalue weighted by Crippen LogP contribution is -2.52. The molecule has 2 amide bonds. The maximum Gasteiger partial charge on any atom is 0.317 e. The summed E-state index contributed by atoms with van der Waals surface area (Å²) < 4.78 is 5.15. The number of rotatable bonds is 20. The number of nitrogens with zero attached hydrogens (tertiary/aromatic N) is 6. The molecule has 360 valence electrons. The number of halogens is 1. The number of amides is 2. The highest BCUT2D eigenvalue weighted by atomic mass is 35.5. The van der Waals surface area contributed by atoms with E-state index in [1.165, 1.54) is 7.05 Å². The van der Waals surface area contributed by atoms with E-state index in [1.54, 1.807) is 24.1 Å². The zero-order chi connectivity index (χ0) is 49.5. The molecule has 0 bridgehead atoms. The Kier molecular flexibility index (Phi) is 20.2. The first-order valence-electron chi connectivity index (χ1n) is 23.1. The van der Waals surface area contributed by atoms with Gasteiger partial charge in [0, 0.05) is 74.6 Å². The van der Waals surface area contributed by atoms with Crippen LogP contribution in [0.15, 0.2) is 66.9 Å². The molecule has 3 N–H and O–H groups in total. The minimum Gasteiger partial charge on any atom is -0.487 e. The molecule has 67 heavy (non-hydrogen) atoms. The van der Waals surface area contributed by atoms with Crippen molar-refractivity contribution in [2.24, 2.45) is 11.8 Å². The van der Waals surface area contributed by atoms with E-state index in [2.05, 4.69) is 71.3 Å². The molecule has 14 nitrogen and oxygen atoms in total. The van der Waals surface area contributed by atoms with Crippen LogP contribution in [0, 0.1) is 23.2 Å². The van der Waals surface area contributed by atoms with Gasteiger partial charge in [0.25, 0.3) is 5.95 Å². The third kappa shape index (κ3) is 15.8. The fourth-order valence-electron chi connectivity index (χ4n) is 7.48. The van der Waals surface area contributed by atoms with Crippen molar-refractivity contribution in [2.75, 3.05) is 50.1 Å². The number of thiol groups is 1. The Labute approximate surface area is 407 Å². The number of urea groups is 1. The highest BCUT2D eigenvalue weighted by Gasteiger charge is 2.29. The summed E-state index contributed by atoms with van der Waals surface area (Å²) in [5.41, 5.74) is 8.80. The van der Waals surface area contributed by atoms with E-state index in [-0.39, 0.29) is 47.8 Å². The number of aryl methyl sites for hydroxylation is 1. The summed E-state index contributed by atoms with van der Waals surface area (Å²) in [6, 6.07) is 21.6. The Morgan fingerprint density at radius 3 is 2.27 bits per heavy atom. The normalized spacial score (nSPS) is 14.4. The molecule has 0 radical (unpaired) electrons. The van der Waals surface area contributed by atoms with E-state index in [1.807, 2.05) is 76.2 Å². The van der Waals surface area contributed by atoms with Crippen molar-refractivity contribution in [3.63, 3.8) is 0 Å². The van der Waals surface area contributed by atoms with Gasteiger partial charge in [0.2, 0.25) is 0 Å². The van der Waals surface area contributed by atoms with Crippen LogP contribution in [-0.2, 0) is 34.5 Å². The molecule has 3 atom stereocenters. The van der Waals surface area contributed by atoms with Gasteiger partial charge in [-0.25, -0.2) is 14.8 Å². The van der Waals surface area contributed by atoms with Crippen molar-refractivity contribution in [3.05, 3.63) is 111 Å². The Balaban J connectivity index is 0.000000789. The van der Waals surface area contributed by atoms with E-state index in [9.17, 15) is 29.6 Å². The number of quaternary nitrogens is 1. The van der Waals surface area contributed by atoms with Gasteiger partial charge in [-0.3, -0.25) is 14.4 Å². The van der Waals surface area contributed by atoms with Crippen LogP contribution >= 0.6 is 24.4 Å². The molecule has 1 fully saturated rings. The molecule has 1 aliphatic heterocycles. The second-order valence-corrected chi connectivity index (χ2v) is 18.9. The first-order valence-corrected chi connectivity index (χ1v) is 23.8. The molecule has 4 aromatic rings. The Hall–Kier alpha value is -5.53. The quantitative estimate of drug-likeness (QED) is 0.0287. The van der Waals surface area contributed by atoms with Crippen LogP contribution in [-0.4, -0.2) is 87.4 Å². The number of aromatic nitrogens is 2. The van der Waals surface area contributed by atoms with Crippen molar-refractivity contribution >= 4 is 59.4 Å². The number of hydrogen-bond donors (Lipinski definition) is 4. The zero-order valence-electron chi connectivity index (χ0n) is 40.5. The maximum atomic E-state index is 13.1. The predicted molar refractivity (Wildman–Crippen MR) is 267 cm³/mol. The van der Waals surface area contributed by atoms with Crippen molar-refractivity contribution in [3.8, 4) is 11.8 Å². The molecule has 0 spiro atoms. The lowest BCUT2D eigenvalue weighted by Gasteiger charge is -2.37. The minimum absolute atomic E-state index is 0.00132. The monoisotopic (exact) mass is 955 g/mol. The maximum absolute atomic E-state index is 13.1. The van der Waals surface area contributed by atoms with Gasteiger partial charge < -0.3 is 19.9 Å². The Morgan fingerprint density at radius 1 is 0.985 bits per heavy atom. The third-order valence-corrected chi connectivity index (χ3v) is 12.7. The SMILES string of the molecule is CCC(=O)CCC(C)C(C)=O.CCc1cc(CCNC(=O)N2CCN(c3c(Cl)cc(C(C)(C)c4ccc(OCc5ccnc(N[N+](C)(O)S)n5)cc4)cc3C#N)CC2)ccc1C(=O)C(C)CC. The molecule has 0 saturated carbocycles. The van der Waals surface area contributed by atoms with E-state index in [0.29, 0.717) is 86.1 Å². The molecule has 1 aliphatic rings. The number of hydrogen-bond acceptors (Lipinski definition) is 12. The van der Waals surface area contributed by atoms with E-state index >= 15 is 0 Å². The molecule has 2 heterocycles. The second kappa shape index (κ2) is 25.0. The van der Waals surface area contributed by atoms with Gasteiger partial charge in [-0.1, -0.05) is 90.4 Å². The highest BCUT2D eigenvalue weighted by molar-refractivity contribution is 7.74. The van der Waals surface area contributed by atoms with Gasteiger partial charge in [-0.15, -0.1) is 0 Å². The first kappa shape index (κ1) is 54.1.